The fourth-order valence-electron chi connectivity index (χ4n) is 5.08. The first-order chi connectivity index (χ1) is 9.46. The molecule has 0 amide bonds. The Morgan fingerprint density at radius 1 is 0.950 bits per heavy atom. The van der Waals surface area contributed by atoms with Crippen LogP contribution >= 0.6 is 0 Å². The summed E-state index contributed by atoms with van der Waals surface area (Å²) < 4.78 is 12.5. The molecule has 2 bridgehead atoms. The average Bonchev–Trinajstić information content (AvgIpc) is 2.63. The van der Waals surface area contributed by atoms with Crippen molar-refractivity contribution in [2.45, 2.75) is 77.2 Å². The van der Waals surface area contributed by atoms with Crippen LogP contribution in [0.1, 0.15) is 53.4 Å². The highest BCUT2D eigenvalue weighted by atomic mass is 17.3. The third-order valence-corrected chi connectivity index (χ3v) is 6.49. The van der Waals surface area contributed by atoms with Crippen LogP contribution in [0, 0.1) is 23.7 Å². The van der Waals surface area contributed by atoms with E-state index in [1.807, 2.05) is 6.92 Å². The molecular weight excluding hydrogens is 256 g/mol. The highest BCUT2D eigenvalue weighted by Crippen LogP contribution is 2.60. The number of ether oxygens (including phenoxy) is 2. The van der Waals surface area contributed by atoms with E-state index in [4.69, 9.17) is 19.2 Å². The molecule has 1 spiro atoms. The maximum Gasteiger partial charge on any atom is 0.201 e. The van der Waals surface area contributed by atoms with Gasteiger partial charge in [0.1, 0.15) is 0 Å². The summed E-state index contributed by atoms with van der Waals surface area (Å²) in [5.74, 6) is 1.44. The Morgan fingerprint density at radius 3 is 2.55 bits per heavy atom. The molecule has 114 valence electrons. The molecule has 4 saturated heterocycles. The van der Waals surface area contributed by atoms with Gasteiger partial charge >= 0.3 is 0 Å². The molecule has 1 aliphatic carbocycles. The predicted octanol–water partition coefficient (Wildman–Crippen LogP) is 3.26. The van der Waals surface area contributed by atoms with E-state index < -0.39 is 5.79 Å². The number of hydrogen-bond donors (Lipinski definition) is 0. The third kappa shape index (κ3) is 1.57. The number of fused-ring (bicyclic) bond motifs is 2. The first-order valence-electron chi connectivity index (χ1n) is 8.16. The molecule has 5 rings (SSSR count). The van der Waals surface area contributed by atoms with Crippen molar-refractivity contribution < 1.29 is 19.2 Å². The Kier molecular flexibility index (Phi) is 2.83. The quantitative estimate of drug-likeness (QED) is 0.639. The molecule has 0 aromatic rings. The van der Waals surface area contributed by atoms with Gasteiger partial charge < -0.3 is 9.47 Å². The van der Waals surface area contributed by atoms with Gasteiger partial charge in [-0.1, -0.05) is 13.8 Å². The molecule has 0 unspecified atom stereocenters. The van der Waals surface area contributed by atoms with Gasteiger partial charge in [-0.15, -0.1) is 0 Å². The summed E-state index contributed by atoms with van der Waals surface area (Å²) >= 11 is 0. The first-order valence-corrected chi connectivity index (χ1v) is 8.16. The summed E-state index contributed by atoms with van der Waals surface area (Å²) in [5, 5.41) is 0. The predicted molar refractivity (Wildman–Crippen MR) is 72.5 cm³/mol. The zero-order valence-corrected chi connectivity index (χ0v) is 12.9. The minimum atomic E-state index is -0.641. The van der Waals surface area contributed by atoms with Crippen LogP contribution in [0.3, 0.4) is 0 Å². The lowest BCUT2D eigenvalue weighted by Crippen LogP contribution is -2.70. The van der Waals surface area contributed by atoms with Gasteiger partial charge in [-0.05, 0) is 50.9 Å². The summed E-state index contributed by atoms with van der Waals surface area (Å²) in [6.07, 6.45) is 4.41. The number of hydrogen-bond acceptors (Lipinski definition) is 4. The average molecular weight is 282 g/mol. The van der Waals surface area contributed by atoms with E-state index in [9.17, 15) is 0 Å². The van der Waals surface area contributed by atoms with Crippen molar-refractivity contribution in [2.24, 2.45) is 23.7 Å². The fraction of sp³-hybridized carbons (Fsp3) is 1.00. The molecule has 5 aliphatic rings. The minimum Gasteiger partial charge on any atom is -0.346 e. The summed E-state index contributed by atoms with van der Waals surface area (Å²) in [4.78, 5) is 11.8. The van der Waals surface area contributed by atoms with Crippen LogP contribution in [0.5, 0.6) is 0 Å². The van der Waals surface area contributed by atoms with Crippen molar-refractivity contribution in [1.29, 1.82) is 0 Å². The van der Waals surface area contributed by atoms with Crippen LogP contribution in [0.2, 0.25) is 0 Å². The van der Waals surface area contributed by atoms with E-state index in [0.29, 0.717) is 23.7 Å². The van der Waals surface area contributed by atoms with Crippen LogP contribution in [0.15, 0.2) is 0 Å². The lowest BCUT2D eigenvalue weighted by molar-refractivity contribution is -0.570. The van der Waals surface area contributed by atoms with Crippen LogP contribution in [-0.4, -0.2) is 23.8 Å². The van der Waals surface area contributed by atoms with Crippen molar-refractivity contribution in [3.8, 4) is 0 Å². The van der Waals surface area contributed by atoms with Crippen molar-refractivity contribution >= 4 is 0 Å². The van der Waals surface area contributed by atoms with Gasteiger partial charge in [0.25, 0.3) is 0 Å². The molecule has 4 aliphatic heterocycles. The highest BCUT2D eigenvalue weighted by molar-refractivity contribution is 5.09. The third-order valence-electron chi connectivity index (χ3n) is 6.49. The van der Waals surface area contributed by atoms with Crippen molar-refractivity contribution in [2.75, 3.05) is 0 Å². The Balaban J connectivity index is 1.82. The zero-order chi connectivity index (χ0) is 14.1. The Hall–Kier alpha value is -0.160. The SMILES string of the molecule is C[C@H]1[C@@H](C)O[C@@H]2O[C@@]3(C)CC[C@H]4[C@H](C)CC[C@@H]1[C@@]24OO3. The van der Waals surface area contributed by atoms with Crippen molar-refractivity contribution in [3.05, 3.63) is 0 Å². The molecule has 5 fully saturated rings. The van der Waals surface area contributed by atoms with Crippen LogP contribution in [0.4, 0.5) is 0 Å². The largest absolute Gasteiger partial charge is 0.346 e. The molecule has 8 atom stereocenters. The second-order valence-electron chi connectivity index (χ2n) is 7.61. The van der Waals surface area contributed by atoms with Crippen LogP contribution in [0.25, 0.3) is 0 Å². The van der Waals surface area contributed by atoms with Gasteiger partial charge in [-0.25, -0.2) is 9.78 Å². The van der Waals surface area contributed by atoms with E-state index in [-0.39, 0.29) is 18.0 Å². The molecule has 4 heterocycles. The van der Waals surface area contributed by atoms with Gasteiger partial charge in [-0.3, -0.25) is 0 Å². The number of rotatable bonds is 0. The van der Waals surface area contributed by atoms with Crippen molar-refractivity contribution in [1.82, 2.24) is 0 Å². The molecule has 20 heavy (non-hydrogen) atoms. The van der Waals surface area contributed by atoms with Crippen LogP contribution in [-0.2, 0) is 19.2 Å². The first kappa shape index (κ1) is 13.5. The van der Waals surface area contributed by atoms with Gasteiger partial charge in [0, 0.05) is 12.3 Å². The maximum absolute atomic E-state index is 6.23. The van der Waals surface area contributed by atoms with Gasteiger partial charge in [0.05, 0.1) is 6.10 Å². The monoisotopic (exact) mass is 282 g/mol. The molecular formula is C16H26O4. The van der Waals surface area contributed by atoms with Gasteiger partial charge in [-0.2, -0.15) is 0 Å². The Morgan fingerprint density at radius 2 is 1.75 bits per heavy atom. The molecule has 0 aromatic carbocycles. The van der Waals surface area contributed by atoms with E-state index in [2.05, 4.69) is 20.8 Å². The summed E-state index contributed by atoms with van der Waals surface area (Å²) in [6.45, 7) is 8.77. The normalized spacial score (nSPS) is 61.8. The highest BCUT2D eigenvalue weighted by Gasteiger charge is 2.68. The summed E-state index contributed by atoms with van der Waals surface area (Å²) in [5.41, 5.74) is -0.389. The molecule has 4 nitrogen and oxygen atoms in total. The minimum absolute atomic E-state index is 0.219. The van der Waals surface area contributed by atoms with Crippen molar-refractivity contribution in [3.63, 3.8) is 0 Å². The topological polar surface area (TPSA) is 36.9 Å². The van der Waals surface area contributed by atoms with E-state index in [1.165, 1.54) is 12.8 Å². The van der Waals surface area contributed by atoms with Crippen LogP contribution < -0.4 is 0 Å². The summed E-state index contributed by atoms with van der Waals surface area (Å²) in [7, 11) is 0. The van der Waals surface area contributed by atoms with E-state index in [1.54, 1.807) is 0 Å². The second-order valence-corrected chi connectivity index (χ2v) is 7.61. The Labute approximate surface area is 121 Å². The molecule has 0 aromatic heterocycles. The Bertz CT molecular complexity index is 409. The fourth-order valence-corrected chi connectivity index (χ4v) is 5.08. The zero-order valence-electron chi connectivity index (χ0n) is 12.9. The standard InChI is InChI=1S/C16H26O4/c1-9-5-6-13-10(2)11(3)17-14-16(13)12(9)7-8-15(4,18-14)19-20-16/h9-14H,5-8H2,1-4H3/t9-,10+,11-,12+,13+,14-,15-,16-/m1/s1. The summed E-state index contributed by atoms with van der Waals surface area (Å²) in [6, 6.07) is 0. The second kappa shape index (κ2) is 4.19. The lowest BCUT2D eigenvalue weighted by atomic mass is 9.57. The molecule has 0 radical (unpaired) electrons. The smallest absolute Gasteiger partial charge is 0.201 e. The van der Waals surface area contributed by atoms with Gasteiger partial charge in [0.15, 0.2) is 11.9 Å². The molecule has 0 N–H and O–H groups in total. The lowest BCUT2D eigenvalue weighted by Gasteiger charge is -2.60. The molecule has 1 saturated carbocycles. The maximum atomic E-state index is 6.23. The van der Waals surface area contributed by atoms with E-state index in [0.717, 1.165) is 12.8 Å². The van der Waals surface area contributed by atoms with Gasteiger partial charge in [0.2, 0.25) is 5.79 Å². The molecule has 4 heteroatoms. The van der Waals surface area contributed by atoms with E-state index >= 15 is 0 Å².